The van der Waals surface area contributed by atoms with Crippen LogP contribution in [-0.2, 0) is 4.79 Å². The van der Waals surface area contributed by atoms with E-state index in [-0.39, 0.29) is 45.5 Å². The number of nitrogens with zero attached hydrogens (tertiary/aromatic N) is 6. The maximum absolute atomic E-state index is 15.1. The Bertz CT molecular complexity index is 1760. The van der Waals surface area contributed by atoms with Crippen LogP contribution in [0.25, 0.3) is 28.0 Å². The van der Waals surface area contributed by atoms with Crippen LogP contribution >= 0.6 is 23.4 Å². The summed E-state index contributed by atoms with van der Waals surface area (Å²) in [5.74, 6) is -0.915. The zero-order valence-corrected chi connectivity index (χ0v) is 25.2. The minimum absolute atomic E-state index is 0.0137. The molecule has 4 aromatic rings. The first-order valence-corrected chi connectivity index (χ1v) is 15.0. The van der Waals surface area contributed by atoms with Crippen LogP contribution in [0.2, 0.25) is 5.02 Å². The molecule has 5 rings (SSSR count). The van der Waals surface area contributed by atoms with Gasteiger partial charge >= 0.3 is 5.69 Å². The third-order valence-corrected chi connectivity index (χ3v) is 8.38. The molecule has 1 aliphatic heterocycles. The van der Waals surface area contributed by atoms with E-state index in [1.54, 1.807) is 17.2 Å². The first-order valence-electron chi connectivity index (χ1n) is 13.4. The summed E-state index contributed by atoms with van der Waals surface area (Å²) in [5, 5.41) is 11.1. The quantitative estimate of drug-likeness (QED) is 0.229. The fourth-order valence-electron chi connectivity index (χ4n) is 5.31. The smallest absolute Gasteiger partial charge is 0.355 e. The van der Waals surface area contributed by atoms with Crippen LogP contribution in [0.1, 0.15) is 32.4 Å². The largest absolute Gasteiger partial charge is 0.507 e. The number of fused-ring (bicyclic) bond motifs is 1. The molecule has 1 N–H and O–H groups in total. The summed E-state index contributed by atoms with van der Waals surface area (Å²) in [6.07, 6.45) is 4.87. The van der Waals surface area contributed by atoms with E-state index in [1.165, 1.54) is 40.6 Å². The van der Waals surface area contributed by atoms with Crippen molar-refractivity contribution in [2.75, 3.05) is 30.8 Å². The van der Waals surface area contributed by atoms with Gasteiger partial charge in [0.05, 0.1) is 33.0 Å². The number of anilines is 1. The van der Waals surface area contributed by atoms with Crippen LogP contribution in [0.4, 0.5) is 10.2 Å². The van der Waals surface area contributed by atoms with Crippen molar-refractivity contribution in [2.24, 2.45) is 0 Å². The number of pyridine rings is 2. The Balaban J connectivity index is 1.85. The van der Waals surface area contributed by atoms with Crippen molar-refractivity contribution < 1.29 is 14.3 Å². The second-order valence-corrected chi connectivity index (χ2v) is 11.6. The number of halogens is 2. The Kier molecular flexibility index (Phi) is 8.25. The summed E-state index contributed by atoms with van der Waals surface area (Å²) >= 11 is 8.18. The molecule has 0 bridgehead atoms. The van der Waals surface area contributed by atoms with Crippen LogP contribution in [0.3, 0.4) is 0 Å². The van der Waals surface area contributed by atoms with Crippen molar-refractivity contribution in [3.8, 4) is 22.7 Å². The molecule has 1 aliphatic rings. The second kappa shape index (κ2) is 11.7. The van der Waals surface area contributed by atoms with Crippen molar-refractivity contribution in [3.63, 3.8) is 0 Å². The van der Waals surface area contributed by atoms with Gasteiger partial charge in [0.25, 0.3) is 0 Å². The maximum atomic E-state index is 15.1. The molecule has 0 aliphatic carbocycles. The fourth-order valence-corrected chi connectivity index (χ4v) is 6.15. The highest BCUT2D eigenvalue weighted by Crippen LogP contribution is 2.39. The topological polar surface area (TPSA) is 104 Å². The molecule has 1 amide bonds. The molecule has 12 heteroatoms. The molecular weight excluding hydrogens is 579 g/mol. The van der Waals surface area contributed by atoms with Crippen LogP contribution in [-0.4, -0.2) is 67.4 Å². The van der Waals surface area contributed by atoms with E-state index in [0.717, 1.165) is 4.90 Å². The molecule has 1 aromatic carbocycles. The van der Waals surface area contributed by atoms with E-state index >= 15 is 4.39 Å². The van der Waals surface area contributed by atoms with Gasteiger partial charge in [0.2, 0.25) is 5.91 Å². The van der Waals surface area contributed by atoms with Crippen LogP contribution in [0, 0.1) is 5.82 Å². The monoisotopic (exact) mass is 608 g/mol. The summed E-state index contributed by atoms with van der Waals surface area (Å²) < 4.78 is 16.5. The number of carbonyl (C=O) groups is 1. The highest BCUT2D eigenvalue weighted by Gasteiger charge is 2.31. The highest BCUT2D eigenvalue weighted by atomic mass is 35.5. The van der Waals surface area contributed by atoms with E-state index in [9.17, 15) is 14.7 Å². The van der Waals surface area contributed by atoms with Gasteiger partial charge < -0.3 is 14.9 Å². The first-order chi connectivity index (χ1) is 20.1. The number of aromatic hydroxyl groups is 1. The van der Waals surface area contributed by atoms with Gasteiger partial charge in [-0.25, -0.2) is 18.7 Å². The molecule has 0 spiro atoms. The summed E-state index contributed by atoms with van der Waals surface area (Å²) in [4.78, 5) is 44.6. The molecule has 218 valence electrons. The third-order valence-electron chi connectivity index (χ3n) is 7.32. The summed E-state index contributed by atoms with van der Waals surface area (Å²) in [7, 11) is 0. The van der Waals surface area contributed by atoms with E-state index in [4.69, 9.17) is 16.6 Å². The summed E-state index contributed by atoms with van der Waals surface area (Å²) in [6.45, 7) is 10.7. The minimum Gasteiger partial charge on any atom is -0.507 e. The van der Waals surface area contributed by atoms with E-state index in [2.05, 4.69) is 16.5 Å². The van der Waals surface area contributed by atoms with Gasteiger partial charge in [-0.1, -0.05) is 38.1 Å². The van der Waals surface area contributed by atoms with E-state index in [0.29, 0.717) is 42.2 Å². The van der Waals surface area contributed by atoms with Crippen molar-refractivity contribution in [2.45, 2.75) is 37.6 Å². The Hall–Kier alpha value is -3.96. The van der Waals surface area contributed by atoms with E-state index < -0.39 is 11.5 Å². The molecule has 1 saturated heterocycles. The van der Waals surface area contributed by atoms with Gasteiger partial charge in [-0.05, 0) is 49.4 Å². The molecule has 42 heavy (non-hydrogen) atoms. The standard InChI is InChI=1S/C30H30ClFN6O3S/c1-6-23(40)36-12-13-37(17(4)15-36)28-18-14-19(31)26(24-20(32)8-7-9-21(24)39)34-29(18)38(30(41)35-28)27-22(42-5)10-11-33-25(27)16(2)3/h6-11,14,16-17,39H,1,12-13,15H2,2-5H3/t17-/m0/s1. The normalized spacial score (nSPS) is 15.5. The molecule has 1 atom stereocenters. The van der Waals surface area contributed by atoms with Crippen LogP contribution in [0.15, 0.2) is 58.9 Å². The average molecular weight is 609 g/mol. The number of rotatable bonds is 6. The molecule has 0 saturated carbocycles. The van der Waals surface area contributed by atoms with Crippen molar-refractivity contribution >= 4 is 46.1 Å². The molecular formula is C30H30ClFN6O3S. The van der Waals surface area contributed by atoms with Gasteiger partial charge in [-0.2, -0.15) is 4.98 Å². The lowest BCUT2D eigenvalue weighted by molar-refractivity contribution is -0.126. The Morgan fingerprint density at radius 2 is 2.02 bits per heavy atom. The number of thioether (sulfide) groups is 1. The molecule has 0 unspecified atom stereocenters. The number of benzene rings is 1. The van der Waals surface area contributed by atoms with Crippen LogP contribution in [0.5, 0.6) is 5.75 Å². The zero-order valence-electron chi connectivity index (χ0n) is 23.6. The zero-order chi connectivity index (χ0) is 30.3. The van der Waals surface area contributed by atoms with Gasteiger partial charge in [0, 0.05) is 36.8 Å². The predicted molar refractivity (Wildman–Crippen MR) is 164 cm³/mol. The number of amides is 1. The van der Waals surface area contributed by atoms with Gasteiger partial charge in [-0.15, -0.1) is 11.8 Å². The number of piperazine rings is 1. The highest BCUT2D eigenvalue weighted by molar-refractivity contribution is 7.98. The Labute approximate surface area is 251 Å². The number of carbonyl (C=O) groups excluding carboxylic acids is 1. The van der Waals surface area contributed by atoms with Gasteiger partial charge in [-0.3, -0.25) is 9.78 Å². The molecule has 4 heterocycles. The van der Waals surface area contributed by atoms with Crippen molar-refractivity contribution in [1.29, 1.82) is 0 Å². The van der Waals surface area contributed by atoms with Crippen molar-refractivity contribution in [1.82, 2.24) is 24.4 Å². The Morgan fingerprint density at radius 3 is 2.67 bits per heavy atom. The third kappa shape index (κ3) is 5.11. The summed E-state index contributed by atoms with van der Waals surface area (Å²) in [6, 6.07) is 7.15. The average Bonchev–Trinajstić information content (AvgIpc) is 2.96. The van der Waals surface area contributed by atoms with Crippen LogP contribution < -0.4 is 10.6 Å². The molecule has 9 nitrogen and oxygen atoms in total. The second-order valence-electron chi connectivity index (χ2n) is 10.3. The summed E-state index contributed by atoms with van der Waals surface area (Å²) in [5.41, 5.74) is 0.595. The first kappa shape index (κ1) is 29.5. The minimum atomic E-state index is -0.711. The molecule has 0 radical (unpaired) electrons. The SMILES string of the molecule is C=CC(=O)N1CCN(c2nc(=O)n(-c3c(SC)ccnc3C(C)C)c3nc(-c4c(O)cccc4F)c(Cl)cc23)[C@@H](C)C1. The van der Waals surface area contributed by atoms with Gasteiger partial charge in [0.15, 0.2) is 5.65 Å². The fraction of sp³-hybridized carbons (Fsp3) is 0.300. The predicted octanol–water partition coefficient (Wildman–Crippen LogP) is 5.41. The Morgan fingerprint density at radius 1 is 1.26 bits per heavy atom. The van der Waals surface area contributed by atoms with Gasteiger partial charge in [0.1, 0.15) is 17.4 Å². The number of hydrogen-bond acceptors (Lipinski definition) is 8. The van der Waals surface area contributed by atoms with E-state index in [1.807, 2.05) is 38.0 Å². The lowest BCUT2D eigenvalue weighted by Gasteiger charge is -2.40. The lowest BCUT2D eigenvalue weighted by atomic mass is 10.1. The number of aromatic nitrogens is 4. The lowest BCUT2D eigenvalue weighted by Crippen LogP contribution is -2.54. The number of hydrogen-bond donors (Lipinski definition) is 1. The van der Waals surface area contributed by atoms with Crippen molar-refractivity contribution in [3.05, 3.63) is 76.2 Å². The molecule has 1 fully saturated rings. The number of phenols is 1. The maximum Gasteiger partial charge on any atom is 0.355 e. The molecule has 3 aromatic heterocycles. The number of phenolic OH excluding ortho intramolecular Hbond substituents is 1.